The molecule has 32 heavy (non-hydrogen) atoms. The molecule has 0 bridgehead atoms. The standard InChI is InChI=1S/C25H35N5O2/c1-3-4-7-18-32-22-10-8-21(9-11-22)24(31)29-16-14-28(15-17-29)23-19-20(2)26-25(27-23)30-12-5-6-13-30/h8-11,19H,3-7,12-18H2,1-2H3. The first-order valence-electron chi connectivity index (χ1n) is 12.0. The average Bonchev–Trinajstić information content (AvgIpc) is 3.37. The van der Waals surface area contributed by atoms with Gasteiger partial charge in [-0.25, -0.2) is 4.98 Å². The van der Waals surface area contributed by atoms with Crippen LogP contribution in [0.3, 0.4) is 0 Å². The average molecular weight is 438 g/mol. The van der Waals surface area contributed by atoms with Crippen LogP contribution in [0.25, 0.3) is 0 Å². The van der Waals surface area contributed by atoms with E-state index in [-0.39, 0.29) is 5.91 Å². The molecule has 172 valence electrons. The van der Waals surface area contributed by atoms with Gasteiger partial charge in [0.1, 0.15) is 11.6 Å². The van der Waals surface area contributed by atoms with Gasteiger partial charge in [-0.3, -0.25) is 4.79 Å². The third kappa shape index (κ3) is 5.50. The molecule has 0 radical (unpaired) electrons. The molecule has 7 nitrogen and oxygen atoms in total. The Hall–Kier alpha value is -2.83. The fourth-order valence-electron chi connectivity index (χ4n) is 4.31. The summed E-state index contributed by atoms with van der Waals surface area (Å²) in [7, 11) is 0. The van der Waals surface area contributed by atoms with Crippen molar-refractivity contribution in [1.29, 1.82) is 0 Å². The van der Waals surface area contributed by atoms with Crippen molar-refractivity contribution >= 4 is 17.7 Å². The Bertz CT molecular complexity index is 888. The molecule has 0 atom stereocenters. The van der Waals surface area contributed by atoms with Gasteiger partial charge in [0.15, 0.2) is 0 Å². The second-order valence-electron chi connectivity index (χ2n) is 8.72. The molecule has 1 aromatic carbocycles. The number of aromatic nitrogens is 2. The van der Waals surface area contributed by atoms with Crippen LogP contribution in [-0.4, -0.2) is 66.7 Å². The van der Waals surface area contributed by atoms with Crippen molar-refractivity contribution in [3.05, 3.63) is 41.6 Å². The summed E-state index contributed by atoms with van der Waals surface area (Å²) in [6.07, 6.45) is 5.84. The van der Waals surface area contributed by atoms with Crippen molar-refractivity contribution in [2.24, 2.45) is 0 Å². The van der Waals surface area contributed by atoms with Gasteiger partial charge >= 0.3 is 0 Å². The zero-order valence-corrected chi connectivity index (χ0v) is 19.4. The van der Waals surface area contributed by atoms with Gasteiger partial charge in [0.05, 0.1) is 6.61 Å². The molecule has 1 amide bonds. The Morgan fingerprint density at radius 3 is 2.34 bits per heavy atom. The minimum absolute atomic E-state index is 0.0822. The maximum absolute atomic E-state index is 13.0. The van der Waals surface area contributed by atoms with Crippen molar-refractivity contribution in [2.45, 2.75) is 46.0 Å². The first-order valence-corrected chi connectivity index (χ1v) is 12.0. The molecular weight excluding hydrogens is 402 g/mol. The first kappa shape index (κ1) is 22.4. The zero-order valence-electron chi connectivity index (χ0n) is 19.4. The number of ether oxygens (including phenoxy) is 1. The minimum atomic E-state index is 0.0822. The van der Waals surface area contributed by atoms with Crippen LogP contribution in [0.15, 0.2) is 30.3 Å². The van der Waals surface area contributed by atoms with Crippen LogP contribution in [0.4, 0.5) is 11.8 Å². The molecule has 4 rings (SSSR count). The van der Waals surface area contributed by atoms with Crippen LogP contribution >= 0.6 is 0 Å². The number of anilines is 2. The molecule has 7 heteroatoms. The van der Waals surface area contributed by atoms with Gasteiger partial charge in [0.25, 0.3) is 5.91 Å². The highest BCUT2D eigenvalue weighted by Gasteiger charge is 2.24. The molecule has 0 spiro atoms. The maximum Gasteiger partial charge on any atom is 0.253 e. The van der Waals surface area contributed by atoms with Crippen molar-refractivity contribution in [3.63, 3.8) is 0 Å². The lowest BCUT2D eigenvalue weighted by atomic mass is 10.1. The summed E-state index contributed by atoms with van der Waals surface area (Å²) < 4.78 is 5.76. The summed E-state index contributed by atoms with van der Waals surface area (Å²) in [5.74, 6) is 2.72. The number of carbonyl (C=O) groups is 1. The lowest BCUT2D eigenvalue weighted by molar-refractivity contribution is 0.0746. The van der Waals surface area contributed by atoms with Gasteiger partial charge in [-0.1, -0.05) is 19.8 Å². The molecule has 0 unspecified atom stereocenters. The molecule has 2 aliphatic rings. The fraction of sp³-hybridized carbons (Fsp3) is 0.560. The topological polar surface area (TPSA) is 61.8 Å². The van der Waals surface area contributed by atoms with Crippen LogP contribution in [0.5, 0.6) is 5.75 Å². The van der Waals surface area contributed by atoms with Crippen molar-refractivity contribution in [1.82, 2.24) is 14.9 Å². The second kappa shape index (κ2) is 10.7. The fourth-order valence-corrected chi connectivity index (χ4v) is 4.31. The third-order valence-electron chi connectivity index (χ3n) is 6.23. The van der Waals surface area contributed by atoms with Crippen LogP contribution in [-0.2, 0) is 0 Å². The normalized spacial score (nSPS) is 16.5. The number of nitrogens with zero attached hydrogens (tertiary/aromatic N) is 5. The Labute approximate surface area is 191 Å². The Morgan fingerprint density at radius 1 is 0.938 bits per heavy atom. The van der Waals surface area contributed by atoms with Gasteiger partial charge in [0.2, 0.25) is 5.95 Å². The van der Waals surface area contributed by atoms with Gasteiger partial charge in [-0.15, -0.1) is 0 Å². The number of hydrogen-bond acceptors (Lipinski definition) is 6. The molecule has 2 saturated heterocycles. The molecule has 0 aliphatic carbocycles. The molecular formula is C25H35N5O2. The van der Waals surface area contributed by atoms with E-state index in [1.165, 1.54) is 25.7 Å². The van der Waals surface area contributed by atoms with Gasteiger partial charge < -0.3 is 19.4 Å². The molecule has 2 aromatic rings. The zero-order chi connectivity index (χ0) is 22.3. The van der Waals surface area contributed by atoms with Crippen molar-refractivity contribution in [3.8, 4) is 5.75 Å². The Kier molecular flexibility index (Phi) is 7.45. The summed E-state index contributed by atoms with van der Waals surface area (Å²) in [5.41, 5.74) is 1.71. The quantitative estimate of drug-likeness (QED) is 0.584. The summed E-state index contributed by atoms with van der Waals surface area (Å²) in [6.45, 7) is 9.95. The van der Waals surface area contributed by atoms with Crippen LogP contribution in [0.1, 0.15) is 55.1 Å². The number of carbonyl (C=O) groups excluding carboxylic acids is 1. The summed E-state index contributed by atoms with van der Waals surface area (Å²) in [5, 5.41) is 0. The largest absolute Gasteiger partial charge is 0.494 e. The lowest BCUT2D eigenvalue weighted by Crippen LogP contribution is -2.49. The van der Waals surface area contributed by atoms with E-state index >= 15 is 0 Å². The molecule has 3 heterocycles. The molecule has 0 N–H and O–H groups in total. The van der Waals surface area contributed by atoms with E-state index in [0.29, 0.717) is 18.7 Å². The van der Waals surface area contributed by atoms with Crippen molar-refractivity contribution in [2.75, 3.05) is 55.7 Å². The van der Waals surface area contributed by atoms with Crippen LogP contribution < -0.4 is 14.5 Å². The van der Waals surface area contributed by atoms with Crippen molar-refractivity contribution < 1.29 is 9.53 Å². The van der Waals surface area contributed by atoms with Crippen LogP contribution in [0.2, 0.25) is 0 Å². The predicted octanol–water partition coefficient (Wildman–Crippen LogP) is 3.92. The van der Waals surface area contributed by atoms with Crippen LogP contribution in [0, 0.1) is 6.92 Å². The van der Waals surface area contributed by atoms with E-state index in [1.807, 2.05) is 36.1 Å². The molecule has 2 aliphatic heterocycles. The summed E-state index contributed by atoms with van der Waals surface area (Å²) in [6, 6.07) is 9.61. The number of benzene rings is 1. The van der Waals surface area contributed by atoms with E-state index < -0.39 is 0 Å². The number of piperazine rings is 1. The number of unbranched alkanes of at least 4 members (excludes halogenated alkanes) is 2. The number of hydrogen-bond donors (Lipinski definition) is 0. The van der Waals surface area contributed by atoms with E-state index in [9.17, 15) is 4.79 Å². The third-order valence-corrected chi connectivity index (χ3v) is 6.23. The monoisotopic (exact) mass is 437 g/mol. The summed E-state index contributed by atoms with van der Waals surface area (Å²) >= 11 is 0. The number of rotatable bonds is 8. The van der Waals surface area contributed by atoms with Gasteiger partial charge in [-0.05, 0) is 50.5 Å². The van der Waals surface area contributed by atoms with E-state index in [0.717, 1.165) is 62.4 Å². The number of aryl methyl sites for hydroxylation is 1. The van der Waals surface area contributed by atoms with Gasteiger partial charge in [0, 0.05) is 56.6 Å². The number of amides is 1. The maximum atomic E-state index is 13.0. The minimum Gasteiger partial charge on any atom is -0.494 e. The smallest absolute Gasteiger partial charge is 0.253 e. The highest BCUT2D eigenvalue weighted by atomic mass is 16.5. The highest BCUT2D eigenvalue weighted by molar-refractivity contribution is 5.94. The second-order valence-corrected chi connectivity index (χ2v) is 8.72. The SMILES string of the molecule is CCCCCOc1ccc(C(=O)N2CCN(c3cc(C)nc(N4CCCC4)n3)CC2)cc1. The van der Waals surface area contributed by atoms with E-state index in [1.54, 1.807) is 0 Å². The highest BCUT2D eigenvalue weighted by Crippen LogP contribution is 2.22. The molecule has 0 saturated carbocycles. The van der Waals surface area contributed by atoms with E-state index in [4.69, 9.17) is 9.72 Å². The van der Waals surface area contributed by atoms with E-state index in [2.05, 4.69) is 27.8 Å². The van der Waals surface area contributed by atoms with Gasteiger partial charge in [-0.2, -0.15) is 4.98 Å². The first-order chi connectivity index (χ1) is 15.6. The molecule has 2 fully saturated rings. The lowest BCUT2D eigenvalue weighted by Gasteiger charge is -2.35. The molecule has 1 aromatic heterocycles. The predicted molar refractivity (Wildman–Crippen MR) is 128 cm³/mol. The Balaban J connectivity index is 1.32. The Morgan fingerprint density at radius 2 is 1.66 bits per heavy atom. The summed E-state index contributed by atoms with van der Waals surface area (Å²) in [4.78, 5) is 28.9.